The van der Waals surface area contributed by atoms with E-state index in [0.29, 0.717) is 18.0 Å². The molecule has 1 saturated carbocycles. The Morgan fingerprint density at radius 3 is 2.29 bits per heavy atom. The zero-order valence-electron chi connectivity index (χ0n) is 21.6. The Balaban J connectivity index is 1.87. The van der Waals surface area contributed by atoms with Crippen LogP contribution in [0.2, 0.25) is 0 Å². The summed E-state index contributed by atoms with van der Waals surface area (Å²) in [4.78, 5) is 64.3. The number of hydrogen-bond acceptors (Lipinski definition) is 5. The molecule has 2 heterocycles. The van der Waals surface area contributed by atoms with Gasteiger partial charge in [-0.25, -0.2) is 9.40 Å². The number of hydrazine groups is 1. The van der Waals surface area contributed by atoms with E-state index in [1.165, 1.54) is 20.8 Å². The van der Waals surface area contributed by atoms with Crippen LogP contribution in [0.1, 0.15) is 41.0 Å². The van der Waals surface area contributed by atoms with Gasteiger partial charge in [0.05, 0.1) is 12.5 Å². The molecule has 2 saturated heterocycles. The Kier molecular flexibility index (Phi) is 7.99. The number of nitrogens with zero attached hydrogens (tertiary/aromatic N) is 2. The third-order valence-corrected chi connectivity index (χ3v) is 7.86. The Morgan fingerprint density at radius 1 is 1.21 bits per heavy atom. The number of hydrogen-bond donors (Lipinski definition) is 3. The average molecular weight is 570 g/mol. The SMILES string of the molecule is CC(C)(C)[C@H](NC(=O)C(F)(F)F)C(=O)N1C[C@H]2[C@@H]([C@H]1C(=O)NN(C[C@@H]1CCNC1=O)C(=O)[C@H](F)Cl)C2(C)C. The standard InChI is InChI=1S/C23H32ClF4N5O5/c1-21(2,3)14(30-20(38)23(26,27)28)18(36)32-9-11-12(22(11,4)5)13(32)17(35)31-33(19(37)15(24)25)8-10-6-7-29-16(10)34/h10-15H,6-9H2,1-5H3,(H,29,34)(H,30,38)(H,31,35)/t10-,11-,12-,13-,14+,15-/m0/s1. The van der Waals surface area contributed by atoms with Gasteiger partial charge >= 0.3 is 12.1 Å². The normalized spacial score (nSPS) is 27.6. The third-order valence-electron chi connectivity index (χ3n) is 7.67. The van der Waals surface area contributed by atoms with E-state index < -0.39 is 76.1 Å². The van der Waals surface area contributed by atoms with Gasteiger partial charge in [0.2, 0.25) is 11.8 Å². The van der Waals surface area contributed by atoms with Crippen molar-refractivity contribution in [2.24, 2.45) is 28.6 Å². The molecule has 3 aliphatic rings. The van der Waals surface area contributed by atoms with Gasteiger partial charge in [0, 0.05) is 13.1 Å². The lowest BCUT2D eigenvalue weighted by Gasteiger charge is -2.38. The molecule has 2 aliphatic heterocycles. The van der Waals surface area contributed by atoms with Crippen LogP contribution in [0.3, 0.4) is 0 Å². The molecule has 0 aromatic carbocycles. The number of piperidine rings is 1. The molecule has 6 atom stereocenters. The number of nitrogens with one attached hydrogen (secondary N) is 3. The third kappa shape index (κ3) is 5.84. The van der Waals surface area contributed by atoms with Gasteiger partial charge in [-0.3, -0.25) is 29.4 Å². The van der Waals surface area contributed by atoms with Crippen LogP contribution in [-0.2, 0) is 24.0 Å². The van der Waals surface area contributed by atoms with Crippen molar-refractivity contribution in [3.8, 4) is 0 Å². The minimum Gasteiger partial charge on any atom is -0.356 e. The largest absolute Gasteiger partial charge is 0.471 e. The van der Waals surface area contributed by atoms with Crippen molar-refractivity contribution in [1.29, 1.82) is 0 Å². The highest BCUT2D eigenvalue weighted by atomic mass is 35.5. The maximum absolute atomic E-state index is 13.7. The summed E-state index contributed by atoms with van der Waals surface area (Å²) in [5.74, 6) is -7.09. The topological polar surface area (TPSA) is 128 Å². The smallest absolute Gasteiger partial charge is 0.356 e. The molecule has 0 unspecified atom stereocenters. The second kappa shape index (κ2) is 10.2. The molecule has 1 aliphatic carbocycles. The number of rotatable bonds is 6. The van der Waals surface area contributed by atoms with E-state index >= 15 is 0 Å². The van der Waals surface area contributed by atoms with Crippen molar-refractivity contribution in [2.75, 3.05) is 19.6 Å². The molecule has 38 heavy (non-hydrogen) atoms. The van der Waals surface area contributed by atoms with Crippen LogP contribution in [-0.4, -0.2) is 83.0 Å². The molecule has 0 spiro atoms. The molecule has 0 radical (unpaired) electrons. The lowest BCUT2D eigenvalue weighted by Crippen LogP contribution is -2.62. The predicted octanol–water partition coefficient (Wildman–Crippen LogP) is 1.09. The molecule has 214 valence electrons. The molecular formula is C23H32ClF4N5O5. The van der Waals surface area contributed by atoms with Crippen LogP contribution >= 0.6 is 11.6 Å². The zero-order valence-corrected chi connectivity index (χ0v) is 22.4. The van der Waals surface area contributed by atoms with Crippen molar-refractivity contribution in [1.82, 2.24) is 26.0 Å². The quantitative estimate of drug-likeness (QED) is 0.251. The highest BCUT2D eigenvalue weighted by molar-refractivity contribution is 6.29. The minimum atomic E-state index is -5.23. The maximum atomic E-state index is 13.7. The molecular weight excluding hydrogens is 538 g/mol. The molecule has 0 bridgehead atoms. The number of carbonyl (C=O) groups excluding carboxylic acids is 5. The first-order valence-corrected chi connectivity index (χ1v) is 12.6. The van der Waals surface area contributed by atoms with Gasteiger partial charge in [0.15, 0.2) is 0 Å². The highest BCUT2D eigenvalue weighted by Crippen LogP contribution is 2.65. The summed E-state index contributed by atoms with van der Waals surface area (Å²) in [5.41, 5.74) is -1.79. The number of alkyl halides is 5. The van der Waals surface area contributed by atoms with E-state index in [-0.39, 0.29) is 19.0 Å². The van der Waals surface area contributed by atoms with Crippen molar-refractivity contribution >= 4 is 41.1 Å². The number of amides is 5. The predicted molar refractivity (Wildman–Crippen MR) is 125 cm³/mol. The summed E-state index contributed by atoms with van der Waals surface area (Å²) in [6.45, 7) is 8.13. The van der Waals surface area contributed by atoms with Gasteiger partial charge < -0.3 is 15.5 Å². The van der Waals surface area contributed by atoms with Crippen molar-refractivity contribution in [2.45, 2.75) is 64.9 Å². The van der Waals surface area contributed by atoms with E-state index in [0.717, 1.165) is 4.90 Å². The Hall–Kier alpha value is -2.64. The summed E-state index contributed by atoms with van der Waals surface area (Å²) in [7, 11) is 0. The van der Waals surface area contributed by atoms with Crippen LogP contribution in [0.25, 0.3) is 0 Å². The summed E-state index contributed by atoms with van der Waals surface area (Å²) >= 11 is 5.32. The summed E-state index contributed by atoms with van der Waals surface area (Å²) in [5, 5.41) is 4.92. The molecule has 0 aromatic heterocycles. The van der Waals surface area contributed by atoms with Gasteiger partial charge in [-0.2, -0.15) is 13.2 Å². The average Bonchev–Trinajstić information content (AvgIpc) is 3.14. The molecule has 3 N–H and O–H groups in total. The van der Waals surface area contributed by atoms with E-state index in [4.69, 9.17) is 11.6 Å². The highest BCUT2D eigenvalue weighted by Gasteiger charge is 2.70. The molecule has 15 heteroatoms. The van der Waals surface area contributed by atoms with Crippen molar-refractivity contribution < 1.29 is 41.5 Å². The zero-order chi connectivity index (χ0) is 29.0. The second-order valence-electron chi connectivity index (χ2n) is 11.7. The van der Waals surface area contributed by atoms with E-state index in [1.54, 1.807) is 5.32 Å². The second-order valence-corrected chi connectivity index (χ2v) is 12.0. The first-order chi connectivity index (χ1) is 17.3. The summed E-state index contributed by atoms with van der Waals surface area (Å²) in [6, 6.07) is -2.85. The molecule has 0 aromatic rings. The lowest BCUT2D eigenvalue weighted by atomic mass is 9.85. The number of likely N-dealkylation sites (tertiary alicyclic amines) is 1. The van der Waals surface area contributed by atoms with Gasteiger partial charge in [-0.05, 0) is 29.1 Å². The Morgan fingerprint density at radius 2 is 1.82 bits per heavy atom. The molecule has 3 fully saturated rings. The monoisotopic (exact) mass is 569 g/mol. The Labute approximate surface area is 222 Å². The Bertz CT molecular complexity index is 1020. The van der Waals surface area contributed by atoms with E-state index in [1.807, 2.05) is 13.8 Å². The molecule has 3 rings (SSSR count). The fourth-order valence-electron chi connectivity index (χ4n) is 5.39. The van der Waals surface area contributed by atoms with Crippen LogP contribution in [0, 0.1) is 28.6 Å². The van der Waals surface area contributed by atoms with Gasteiger partial charge in [0.25, 0.3) is 17.4 Å². The van der Waals surface area contributed by atoms with Gasteiger partial charge in [0.1, 0.15) is 12.1 Å². The van der Waals surface area contributed by atoms with Crippen LogP contribution in [0.5, 0.6) is 0 Å². The van der Waals surface area contributed by atoms with Crippen LogP contribution in [0.4, 0.5) is 17.6 Å². The first kappa shape index (κ1) is 29.9. The molecule has 10 nitrogen and oxygen atoms in total. The molecule has 5 amide bonds. The van der Waals surface area contributed by atoms with Crippen LogP contribution < -0.4 is 16.1 Å². The van der Waals surface area contributed by atoms with E-state index in [9.17, 15) is 41.5 Å². The van der Waals surface area contributed by atoms with Crippen LogP contribution in [0.15, 0.2) is 0 Å². The maximum Gasteiger partial charge on any atom is 0.471 e. The number of carbonyl (C=O) groups is 5. The summed E-state index contributed by atoms with van der Waals surface area (Å²) in [6.07, 6.45) is -4.90. The van der Waals surface area contributed by atoms with Gasteiger partial charge in [-0.15, -0.1) is 0 Å². The van der Waals surface area contributed by atoms with E-state index in [2.05, 4.69) is 10.7 Å². The number of fused-ring (bicyclic) bond motifs is 1. The first-order valence-electron chi connectivity index (χ1n) is 12.1. The minimum absolute atomic E-state index is 0.0310. The lowest BCUT2D eigenvalue weighted by molar-refractivity contribution is -0.176. The van der Waals surface area contributed by atoms with Crippen molar-refractivity contribution in [3.05, 3.63) is 0 Å². The van der Waals surface area contributed by atoms with Gasteiger partial charge in [-0.1, -0.05) is 46.2 Å². The summed E-state index contributed by atoms with van der Waals surface area (Å²) < 4.78 is 52.7. The number of halogens is 5. The fraction of sp³-hybridized carbons (Fsp3) is 0.783. The van der Waals surface area contributed by atoms with Crippen molar-refractivity contribution in [3.63, 3.8) is 0 Å². The fourth-order valence-corrected chi connectivity index (χ4v) is 5.51.